The summed E-state index contributed by atoms with van der Waals surface area (Å²) in [5, 5.41) is 19.2. The van der Waals surface area contributed by atoms with E-state index in [2.05, 4.69) is 20.4 Å². The van der Waals surface area contributed by atoms with Gasteiger partial charge in [-0.15, -0.1) is 0 Å². The molecule has 0 saturated heterocycles. The van der Waals surface area contributed by atoms with Gasteiger partial charge in [-0.05, 0) is 12.5 Å². The van der Waals surface area contributed by atoms with E-state index in [4.69, 9.17) is 10.6 Å². The largest absolute Gasteiger partial charge is 0.480 e. The summed E-state index contributed by atoms with van der Waals surface area (Å²) in [6.45, 7) is 3.12. The number of carbonyl (C=O) groups is 1. The van der Waals surface area contributed by atoms with Crippen LogP contribution in [0.1, 0.15) is 18.5 Å². The van der Waals surface area contributed by atoms with Crippen molar-refractivity contribution in [3.05, 3.63) is 28.4 Å². The van der Waals surface area contributed by atoms with E-state index in [1.165, 1.54) is 6.20 Å². The molecule has 1 rings (SSSR count). The highest BCUT2D eigenvalue weighted by Gasteiger charge is 2.20. The molecule has 0 aliphatic carbocycles. The van der Waals surface area contributed by atoms with E-state index >= 15 is 0 Å². The molecule has 0 amide bonds. The zero-order valence-electron chi connectivity index (χ0n) is 9.44. The lowest BCUT2D eigenvalue weighted by Gasteiger charge is -2.11. The fourth-order valence-electron chi connectivity index (χ4n) is 1.35. The number of hydrogen-bond donors (Lipinski definition) is 2. The minimum atomic E-state index is -0.985. The van der Waals surface area contributed by atoms with Crippen LogP contribution in [0, 0.1) is 0 Å². The van der Waals surface area contributed by atoms with Gasteiger partial charge in [0.2, 0.25) is 0 Å². The van der Waals surface area contributed by atoms with Crippen LogP contribution in [0.15, 0.2) is 17.5 Å². The predicted octanol–water partition coefficient (Wildman–Crippen LogP) is 0.929. The highest BCUT2D eigenvalue weighted by atomic mass is 16.4. The smallest absolute Gasteiger partial charge is 0.325 e. The molecule has 0 bridgehead atoms. The number of hydrogen-bond acceptors (Lipinski definition) is 4. The molecule has 1 aromatic rings. The van der Waals surface area contributed by atoms with Crippen LogP contribution in [0.5, 0.6) is 0 Å². The lowest BCUT2D eigenvalue weighted by Crippen LogP contribution is -2.30. The van der Waals surface area contributed by atoms with Crippen molar-refractivity contribution in [3.63, 3.8) is 0 Å². The van der Waals surface area contributed by atoms with E-state index in [-0.39, 0.29) is 6.54 Å². The molecule has 0 saturated carbocycles. The maximum Gasteiger partial charge on any atom is 0.325 e. The number of carboxylic acid groups (broad SMARTS) is 1. The van der Waals surface area contributed by atoms with Crippen LogP contribution < -0.4 is 5.32 Å². The molecule has 0 aliphatic heterocycles. The first-order chi connectivity index (χ1) is 8.19. The van der Waals surface area contributed by atoms with Crippen LogP contribution in [0.2, 0.25) is 0 Å². The van der Waals surface area contributed by atoms with Crippen molar-refractivity contribution in [2.24, 2.45) is 5.11 Å². The van der Waals surface area contributed by atoms with Gasteiger partial charge in [-0.3, -0.25) is 9.48 Å². The number of carboxylic acids is 1. The molecule has 1 heterocycles. The topological polar surface area (TPSA) is 116 Å². The summed E-state index contributed by atoms with van der Waals surface area (Å²) in [6.07, 6.45) is 3.20. The van der Waals surface area contributed by atoms with Crippen LogP contribution in [0.3, 0.4) is 0 Å². The third-order valence-corrected chi connectivity index (χ3v) is 2.18. The Morgan fingerprint density at radius 2 is 2.59 bits per heavy atom. The zero-order valence-corrected chi connectivity index (χ0v) is 9.44. The number of rotatable bonds is 7. The van der Waals surface area contributed by atoms with E-state index in [1.54, 1.807) is 10.9 Å². The average Bonchev–Trinajstić information content (AvgIpc) is 2.77. The van der Waals surface area contributed by atoms with Gasteiger partial charge in [0, 0.05) is 36.3 Å². The van der Waals surface area contributed by atoms with Crippen molar-refractivity contribution in [2.45, 2.75) is 19.5 Å². The Labute approximate surface area is 97.9 Å². The summed E-state index contributed by atoms with van der Waals surface area (Å²) in [5.41, 5.74) is 8.68. The Balaban J connectivity index is 2.65. The molecular formula is C9H14N6O2. The van der Waals surface area contributed by atoms with Crippen molar-refractivity contribution in [2.75, 3.05) is 13.1 Å². The molecule has 8 heteroatoms. The molecule has 0 aromatic carbocycles. The van der Waals surface area contributed by atoms with E-state index in [9.17, 15) is 4.79 Å². The molecule has 0 spiro atoms. The van der Waals surface area contributed by atoms with Crippen LogP contribution >= 0.6 is 0 Å². The number of aryl methyl sites for hydroxylation is 1. The Kier molecular flexibility index (Phi) is 4.99. The predicted molar refractivity (Wildman–Crippen MR) is 60.3 cm³/mol. The summed E-state index contributed by atoms with van der Waals surface area (Å²) in [7, 11) is 0. The number of nitrogens with zero attached hydrogens (tertiary/aromatic N) is 5. The first-order valence-corrected chi connectivity index (χ1v) is 5.18. The van der Waals surface area contributed by atoms with E-state index in [0.717, 1.165) is 0 Å². The molecule has 0 fully saturated rings. The maximum absolute atomic E-state index is 11.1. The molecule has 92 valence electrons. The highest BCUT2D eigenvalue weighted by Crippen LogP contribution is 2.11. The Morgan fingerprint density at radius 1 is 1.82 bits per heavy atom. The number of aromatic nitrogens is 2. The van der Waals surface area contributed by atoms with Crippen molar-refractivity contribution in [1.82, 2.24) is 15.1 Å². The van der Waals surface area contributed by atoms with Gasteiger partial charge in [-0.1, -0.05) is 5.11 Å². The third-order valence-electron chi connectivity index (χ3n) is 2.18. The Hall–Kier alpha value is -2.05. The number of azide groups is 1. The van der Waals surface area contributed by atoms with Gasteiger partial charge < -0.3 is 10.4 Å². The molecule has 0 radical (unpaired) electrons. The summed E-state index contributed by atoms with van der Waals surface area (Å²) >= 11 is 0. The molecule has 0 aliphatic rings. The first-order valence-electron chi connectivity index (χ1n) is 5.18. The summed E-state index contributed by atoms with van der Waals surface area (Å²) in [6, 6.07) is -0.829. The van der Waals surface area contributed by atoms with Gasteiger partial charge in [-0.2, -0.15) is 5.10 Å². The van der Waals surface area contributed by atoms with E-state index < -0.39 is 12.0 Å². The first kappa shape index (κ1) is 13.0. The lowest BCUT2D eigenvalue weighted by atomic mass is 10.1. The summed E-state index contributed by atoms with van der Waals surface area (Å²) in [4.78, 5) is 13.6. The number of nitrogens with one attached hydrogen (secondary N) is 1. The second kappa shape index (κ2) is 6.51. The quantitative estimate of drug-likeness (QED) is 0.318. The number of aliphatic carboxylic acids is 1. The summed E-state index contributed by atoms with van der Waals surface area (Å²) in [5.74, 6) is -0.985. The fourth-order valence-corrected chi connectivity index (χ4v) is 1.35. The molecule has 1 aromatic heterocycles. The SMILES string of the molecule is CCn1cc(C(NCCN=[N+]=[N-])C(=O)O)cn1. The van der Waals surface area contributed by atoms with Gasteiger partial charge in [0.15, 0.2) is 0 Å². The Morgan fingerprint density at radius 3 is 3.12 bits per heavy atom. The molecule has 1 unspecified atom stereocenters. The van der Waals surface area contributed by atoms with Crippen molar-refractivity contribution in [3.8, 4) is 0 Å². The molecule has 2 N–H and O–H groups in total. The van der Waals surface area contributed by atoms with Gasteiger partial charge in [-0.25, -0.2) is 0 Å². The molecular weight excluding hydrogens is 224 g/mol. The van der Waals surface area contributed by atoms with Crippen molar-refractivity contribution in [1.29, 1.82) is 0 Å². The molecule has 8 nitrogen and oxygen atoms in total. The zero-order chi connectivity index (χ0) is 12.7. The normalized spacial score (nSPS) is 11.8. The molecule has 1 atom stereocenters. The van der Waals surface area contributed by atoms with Crippen molar-refractivity contribution < 1.29 is 9.90 Å². The van der Waals surface area contributed by atoms with Crippen molar-refractivity contribution >= 4 is 5.97 Å². The van der Waals surface area contributed by atoms with Gasteiger partial charge in [0.25, 0.3) is 0 Å². The van der Waals surface area contributed by atoms with Crippen LogP contribution in [-0.2, 0) is 11.3 Å². The minimum Gasteiger partial charge on any atom is -0.480 e. The monoisotopic (exact) mass is 238 g/mol. The third kappa shape index (κ3) is 3.78. The average molecular weight is 238 g/mol. The highest BCUT2D eigenvalue weighted by molar-refractivity contribution is 5.75. The van der Waals surface area contributed by atoms with Gasteiger partial charge in [0.05, 0.1) is 6.20 Å². The second-order valence-electron chi connectivity index (χ2n) is 3.31. The van der Waals surface area contributed by atoms with Crippen LogP contribution in [-0.4, -0.2) is 33.9 Å². The van der Waals surface area contributed by atoms with Gasteiger partial charge in [0.1, 0.15) is 6.04 Å². The van der Waals surface area contributed by atoms with Crippen LogP contribution in [0.4, 0.5) is 0 Å². The second-order valence-corrected chi connectivity index (χ2v) is 3.31. The minimum absolute atomic E-state index is 0.211. The Bertz CT molecular complexity index is 423. The molecule has 17 heavy (non-hydrogen) atoms. The maximum atomic E-state index is 11.1. The fraction of sp³-hybridized carbons (Fsp3) is 0.556. The standard InChI is InChI=1S/C9H14N6O2/c1-2-15-6-7(5-13-15)8(9(16)17)11-3-4-12-14-10/h5-6,8,11H,2-4H2,1H3,(H,16,17). The van der Waals surface area contributed by atoms with E-state index in [0.29, 0.717) is 18.7 Å². The summed E-state index contributed by atoms with van der Waals surface area (Å²) < 4.78 is 1.65. The van der Waals surface area contributed by atoms with Gasteiger partial charge >= 0.3 is 5.97 Å². The van der Waals surface area contributed by atoms with E-state index in [1.807, 2.05) is 6.92 Å². The van der Waals surface area contributed by atoms with Crippen LogP contribution in [0.25, 0.3) is 10.4 Å². The lowest BCUT2D eigenvalue weighted by molar-refractivity contribution is -0.139.